The average molecular weight is 231 g/mol. The van der Waals surface area contributed by atoms with Crippen LogP contribution in [0.3, 0.4) is 0 Å². The predicted molar refractivity (Wildman–Crippen MR) is 63.7 cm³/mol. The Bertz CT molecular complexity index is 484. The third-order valence-corrected chi connectivity index (χ3v) is 2.19. The molecule has 1 heterocycles. The minimum atomic E-state index is -0.326. The summed E-state index contributed by atoms with van der Waals surface area (Å²) in [6.07, 6.45) is 3.05. The van der Waals surface area contributed by atoms with Gasteiger partial charge in [0.05, 0.1) is 0 Å². The molecule has 0 aliphatic carbocycles. The lowest BCUT2D eigenvalue weighted by Gasteiger charge is -2.03. The van der Waals surface area contributed by atoms with Crippen molar-refractivity contribution in [1.29, 1.82) is 0 Å². The van der Waals surface area contributed by atoms with Gasteiger partial charge in [-0.1, -0.05) is 0 Å². The van der Waals surface area contributed by atoms with Gasteiger partial charge in [-0.3, -0.25) is 4.79 Å². The number of carbonyl (C=O) groups is 1. The molecule has 0 radical (unpaired) electrons. The molecule has 0 spiro atoms. The number of thiol groups is 1. The topological polar surface area (TPSA) is 54.9 Å². The van der Waals surface area contributed by atoms with E-state index in [1.54, 1.807) is 30.3 Å². The number of carbonyl (C=O) groups excluding carboxylic acids is 1. The molecule has 0 aliphatic heterocycles. The zero-order valence-electron chi connectivity index (χ0n) is 8.29. The summed E-state index contributed by atoms with van der Waals surface area (Å²) in [5.41, 5.74) is 0.690. The maximum atomic E-state index is 11.6. The van der Waals surface area contributed by atoms with E-state index in [2.05, 4.69) is 27.9 Å². The van der Waals surface area contributed by atoms with E-state index in [-0.39, 0.29) is 11.7 Å². The van der Waals surface area contributed by atoms with Crippen LogP contribution in [0.15, 0.2) is 47.6 Å². The molecule has 0 bridgehead atoms. The Labute approximate surface area is 98.2 Å². The number of nitrogens with one attached hydrogen (secondary N) is 1. The normalized spacial score (nSPS) is 9.81. The van der Waals surface area contributed by atoms with Gasteiger partial charge in [-0.2, -0.15) is 0 Å². The summed E-state index contributed by atoms with van der Waals surface area (Å²) in [4.78, 5) is 20.2. The summed E-state index contributed by atoms with van der Waals surface area (Å²) in [7, 11) is 0. The van der Waals surface area contributed by atoms with E-state index in [1.165, 1.54) is 12.4 Å². The number of amides is 1. The predicted octanol–water partition coefficient (Wildman–Crippen LogP) is 2.02. The molecule has 2 aromatic rings. The summed E-state index contributed by atoms with van der Waals surface area (Å²) in [6.45, 7) is 0. The van der Waals surface area contributed by atoms with Crippen LogP contribution in [0, 0.1) is 0 Å². The maximum absolute atomic E-state index is 11.6. The molecular formula is C11H9N3OS. The fourth-order valence-corrected chi connectivity index (χ4v) is 1.30. The molecule has 1 amide bonds. The number of benzene rings is 1. The van der Waals surface area contributed by atoms with Crippen LogP contribution in [0.5, 0.6) is 0 Å². The van der Waals surface area contributed by atoms with E-state index in [4.69, 9.17) is 0 Å². The molecule has 16 heavy (non-hydrogen) atoms. The molecule has 0 fully saturated rings. The molecule has 2 rings (SSSR count). The van der Waals surface area contributed by atoms with Crippen molar-refractivity contribution in [3.8, 4) is 0 Å². The van der Waals surface area contributed by atoms with Gasteiger partial charge in [0.25, 0.3) is 5.91 Å². The Hall–Kier alpha value is -1.88. The van der Waals surface area contributed by atoms with E-state index < -0.39 is 0 Å². The van der Waals surface area contributed by atoms with Gasteiger partial charge in [-0.25, -0.2) is 9.97 Å². The van der Waals surface area contributed by atoms with Crippen molar-refractivity contribution in [2.75, 3.05) is 5.32 Å². The Balaban J connectivity index is 2.11. The molecular weight excluding hydrogens is 222 g/mol. The first kappa shape index (κ1) is 10.6. The molecule has 0 unspecified atom stereocenters. The van der Waals surface area contributed by atoms with Crippen LogP contribution in [-0.2, 0) is 0 Å². The zero-order valence-corrected chi connectivity index (χ0v) is 9.19. The first-order valence-corrected chi connectivity index (χ1v) is 5.08. The molecule has 1 aromatic heterocycles. The molecule has 1 aromatic carbocycles. The third-order valence-electron chi connectivity index (χ3n) is 1.89. The van der Waals surface area contributed by atoms with Crippen LogP contribution in [0.4, 0.5) is 5.69 Å². The van der Waals surface area contributed by atoms with E-state index >= 15 is 0 Å². The van der Waals surface area contributed by atoms with Crippen LogP contribution in [0.2, 0.25) is 0 Å². The number of anilines is 1. The molecule has 5 heteroatoms. The second-order valence-corrected chi connectivity index (χ2v) is 3.59. The second kappa shape index (κ2) is 4.76. The largest absolute Gasteiger partial charge is 0.319 e. The summed E-state index contributed by atoms with van der Waals surface area (Å²) in [5, 5.41) is 2.69. The molecule has 80 valence electrons. The Morgan fingerprint density at radius 2 is 1.75 bits per heavy atom. The monoisotopic (exact) mass is 231 g/mol. The number of hydrogen-bond donors (Lipinski definition) is 2. The number of rotatable bonds is 2. The van der Waals surface area contributed by atoms with Crippen LogP contribution >= 0.6 is 12.6 Å². The summed E-state index contributed by atoms with van der Waals surface area (Å²) in [5.74, 6) is -0.176. The molecule has 0 aliphatic rings. The van der Waals surface area contributed by atoms with Crippen molar-refractivity contribution < 1.29 is 4.79 Å². The molecule has 4 nitrogen and oxygen atoms in total. The highest BCUT2D eigenvalue weighted by molar-refractivity contribution is 7.80. The first-order chi connectivity index (χ1) is 7.75. The molecule has 0 atom stereocenters. The van der Waals surface area contributed by atoms with Crippen molar-refractivity contribution >= 4 is 24.2 Å². The van der Waals surface area contributed by atoms with Gasteiger partial charge < -0.3 is 5.32 Å². The number of hydrogen-bond acceptors (Lipinski definition) is 4. The van der Waals surface area contributed by atoms with Crippen LogP contribution in [-0.4, -0.2) is 15.9 Å². The van der Waals surface area contributed by atoms with E-state index in [1.807, 2.05) is 0 Å². The lowest BCUT2D eigenvalue weighted by Crippen LogP contribution is -2.14. The molecule has 0 saturated carbocycles. The second-order valence-electron chi connectivity index (χ2n) is 3.07. The highest BCUT2D eigenvalue weighted by Gasteiger charge is 2.07. The minimum absolute atomic E-state index is 0.150. The highest BCUT2D eigenvalue weighted by Crippen LogP contribution is 2.12. The van der Waals surface area contributed by atoms with Crippen LogP contribution in [0.25, 0.3) is 0 Å². The summed E-state index contributed by atoms with van der Waals surface area (Å²) >= 11 is 4.15. The summed E-state index contributed by atoms with van der Waals surface area (Å²) < 4.78 is 0. The Kier molecular flexibility index (Phi) is 3.16. The van der Waals surface area contributed by atoms with Gasteiger partial charge in [0.15, 0.2) is 0 Å². The van der Waals surface area contributed by atoms with Crippen molar-refractivity contribution in [3.63, 3.8) is 0 Å². The smallest absolute Gasteiger partial charge is 0.293 e. The van der Waals surface area contributed by atoms with Crippen molar-refractivity contribution in [3.05, 3.63) is 48.5 Å². The zero-order chi connectivity index (χ0) is 11.4. The Morgan fingerprint density at radius 3 is 2.38 bits per heavy atom. The van der Waals surface area contributed by atoms with Gasteiger partial charge >= 0.3 is 0 Å². The number of aromatic nitrogens is 2. The van der Waals surface area contributed by atoms with Gasteiger partial charge in [0.2, 0.25) is 5.82 Å². The average Bonchev–Trinajstić information content (AvgIpc) is 2.33. The van der Waals surface area contributed by atoms with Gasteiger partial charge in [-0.15, -0.1) is 12.6 Å². The third kappa shape index (κ3) is 2.58. The van der Waals surface area contributed by atoms with Crippen molar-refractivity contribution in [1.82, 2.24) is 9.97 Å². The minimum Gasteiger partial charge on any atom is -0.319 e. The maximum Gasteiger partial charge on any atom is 0.293 e. The van der Waals surface area contributed by atoms with Crippen molar-refractivity contribution in [2.24, 2.45) is 0 Å². The fraction of sp³-hybridized carbons (Fsp3) is 0. The summed E-state index contributed by atoms with van der Waals surface area (Å²) in [6, 6.07) is 8.79. The molecule has 0 saturated heterocycles. The highest BCUT2D eigenvalue weighted by atomic mass is 32.1. The standard InChI is InChI=1S/C11H9N3OS/c15-11(10-12-6-1-7-13-10)14-8-2-4-9(16)5-3-8/h1-7,16H,(H,14,15). The lowest BCUT2D eigenvalue weighted by molar-refractivity contribution is 0.101. The van der Waals surface area contributed by atoms with E-state index in [9.17, 15) is 4.79 Å². The fourth-order valence-electron chi connectivity index (χ4n) is 1.15. The van der Waals surface area contributed by atoms with Gasteiger partial charge in [0, 0.05) is 23.0 Å². The molecule has 1 N–H and O–H groups in total. The number of nitrogens with zero attached hydrogens (tertiary/aromatic N) is 2. The van der Waals surface area contributed by atoms with Crippen LogP contribution in [0.1, 0.15) is 10.6 Å². The lowest BCUT2D eigenvalue weighted by atomic mass is 10.3. The van der Waals surface area contributed by atoms with Crippen molar-refractivity contribution in [2.45, 2.75) is 4.90 Å². The van der Waals surface area contributed by atoms with Gasteiger partial charge in [-0.05, 0) is 30.3 Å². The quantitative estimate of drug-likeness (QED) is 0.777. The van der Waals surface area contributed by atoms with E-state index in [0.717, 1.165) is 4.90 Å². The Morgan fingerprint density at radius 1 is 1.12 bits per heavy atom. The van der Waals surface area contributed by atoms with Crippen LogP contribution < -0.4 is 5.32 Å². The first-order valence-electron chi connectivity index (χ1n) is 4.63. The SMILES string of the molecule is O=C(Nc1ccc(S)cc1)c1ncccn1. The van der Waals surface area contributed by atoms with E-state index in [0.29, 0.717) is 5.69 Å². The van der Waals surface area contributed by atoms with Gasteiger partial charge in [0.1, 0.15) is 0 Å².